The molecule has 0 amide bonds. The third-order valence-electron chi connectivity index (χ3n) is 4.63. The highest BCUT2D eigenvalue weighted by Crippen LogP contribution is 2.46. The van der Waals surface area contributed by atoms with Gasteiger partial charge in [-0.25, -0.2) is 0 Å². The van der Waals surface area contributed by atoms with Gasteiger partial charge in [-0.15, -0.1) is 24.0 Å². The van der Waals surface area contributed by atoms with Gasteiger partial charge in [0.2, 0.25) is 5.89 Å². The van der Waals surface area contributed by atoms with Gasteiger partial charge < -0.3 is 14.7 Å². The minimum absolute atomic E-state index is 0. The maximum Gasteiger partial charge on any atom is 0.228 e. The molecule has 0 spiro atoms. The highest BCUT2D eigenvalue weighted by molar-refractivity contribution is 14.0. The fraction of sp³-hybridized carbons (Fsp3) is 0.800. The fourth-order valence-corrected chi connectivity index (χ4v) is 2.49. The van der Waals surface area contributed by atoms with E-state index in [1.54, 1.807) is 0 Å². The summed E-state index contributed by atoms with van der Waals surface area (Å²) in [6.45, 7) is 15.6. The molecule has 1 aromatic rings. The van der Waals surface area contributed by atoms with Gasteiger partial charge >= 0.3 is 0 Å². The van der Waals surface area contributed by atoms with Crippen molar-refractivity contribution in [3.63, 3.8) is 0 Å². The highest BCUT2D eigenvalue weighted by atomic mass is 127. The van der Waals surface area contributed by atoms with Crippen LogP contribution in [0, 0.1) is 12.3 Å². The number of aliphatic imine (C=N–C) groups is 1. The Kier molecular flexibility index (Phi) is 6.23. The molecule has 1 aliphatic heterocycles. The van der Waals surface area contributed by atoms with Crippen molar-refractivity contribution in [2.24, 2.45) is 10.4 Å². The van der Waals surface area contributed by atoms with E-state index in [1.807, 2.05) is 6.92 Å². The number of rotatable bonds is 4. The molecule has 6 nitrogen and oxygen atoms in total. The van der Waals surface area contributed by atoms with Crippen LogP contribution in [0.1, 0.15) is 46.3 Å². The normalized spacial score (nSPS) is 19.4. The smallest absolute Gasteiger partial charge is 0.228 e. The minimum atomic E-state index is 0. The zero-order chi connectivity index (χ0) is 15.7. The molecule has 2 heterocycles. The molecule has 0 aromatic carbocycles. The molecule has 1 aliphatic rings. The van der Waals surface area contributed by atoms with Crippen molar-refractivity contribution < 1.29 is 4.52 Å². The molecule has 0 atom stereocenters. The lowest BCUT2D eigenvalue weighted by Crippen LogP contribution is -2.72. The van der Waals surface area contributed by atoms with E-state index in [1.165, 1.54) is 0 Å². The number of likely N-dealkylation sites (tertiary alicyclic amines) is 1. The number of halogens is 1. The molecule has 1 aromatic heterocycles. The van der Waals surface area contributed by atoms with Crippen LogP contribution in [-0.4, -0.2) is 46.2 Å². The van der Waals surface area contributed by atoms with Crippen molar-refractivity contribution in [3.8, 4) is 0 Å². The van der Waals surface area contributed by atoms with Crippen molar-refractivity contribution in [2.45, 2.75) is 53.5 Å². The first-order valence-corrected chi connectivity index (χ1v) is 7.63. The average molecular weight is 421 g/mol. The lowest BCUT2D eigenvalue weighted by atomic mass is 9.65. The van der Waals surface area contributed by atoms with Crippen molar-refractivity contribution in [3.05, 3.63) is 11.7 Å². The molecule has 1 saturated heterocycles. The first-order valence-electron chi connectivity index (χ1n) is 7.63. The van der Waals surface area contributed by atoms with Crippen LogP contribution in [-0.2, 0) is 6.42 Å². The van der Waals surface area contributed by atoms with E-state index in [0.29, 0.717) is 30.1 Å². The van der Waals surface area contributed by atoms with Crippen LogP contribution in [0.3, 0.4) is 0 Å². The quantitative estimate of drug-likeness (QED) is 0.460. The molecular weight excluding hydrogens is 393 g/mol. The Bertz CT molecular complexity index is 524. The number of aromatic nitrogens is 2. The summed E-state index contributed by atoms with van der Waals surface area (Å²) in [6, 6.07) is 0. The van der Waals surface area contributed by atoms with E-state index >= 15 is 0 Å². The van der Waals surface area contributed by atoms with Crippen LogP contribution in [0.5, 0.6) is 0 Å². The topological polar surface area (TPSA) is 66.5 Å². The van der Waals surface area contributed by atoms with Gasteiger partial charge in [-0.1, -0.05) is 19.0 Å². The Labute approximate surface area is 150 Å². The van der Waals surface area contributed by atoms with Crippen LogP contribution in [0.15, 0.2) is 9.52 Å². The van der Waals surface area contributed by atoms with Crippen molar-refractivity contribution in [2.75, 3.05) is 19.6 Å². The van der Waals surface area contributed by atoms with E-state index in [9.17, 15) is 0 Å². The molecule has 126 valence electrons. The molecule has 1 fully saturated rings. The second-order valence-electron chi connectivity index (χ2n) is 6.75. The first kappa shape index (κ1) is 19.2. The van der Waals surface area contributed by atoms with Gasteiger partial charge in [0.15, 0.2) is 11.8 Å². The maximum absolute atomic E-state index is 5.12. The van der Waals surface area contributed by atoms with E-state index in [2.05, 4.69) is 55.0 Å². The molecule has 2 rings (SSSR count). The third-order valence-corrected chi connectivity index (χ3v) is 4.63. The molecule has 0 bridgehead atoms. The number of nitrogens with one attached hydrogen (secondary N) is 1. The number of guanidine groups is 1. The number of hydrogen-bond acceptors (Lipinski definition) is 4. The van der Waals surface area contributed by atoms with Crippen LogP contribution < -0.4 is 5.32 Å². The largest absolute Gasteiger partial charge is 0.356 e. The van der Waals surface area contributed by atoms with Gasteiger partial charge in [-0.05, 0) is 27.7 Å². The first-order chi connectivity index (χ1) is 9.78. The van der Waals surface area contributed by atoms with Crippen molar-refractivity contribution >= 4 is 29.9 Å². The van der Waals surface area contributed by atoms with Gasteiger partial charge in [0.1, 0.15) is 0 Å². The second-order valence-corrected chi connectivity index (χ2v) is 6.75. The Balaban J connectivity index is 0.00000242. The van der Waals surface area contributed by atoms with Crippen molar-refractivity contribution in [1.82, 2.24) is 20.4 Å². The Morgan fingerprint density at radius 1 is 1.36 bits per heavy atom. The Morgan fingerprint density at radius 2 is 2.05 bits per heavy atom. The van der Waals surface area contributed by atoms with E-state index in [-0.39, 0.29) is 29.5 Å². The monoisotopic (exact) mass is 421 g/mol. The predicted octanol–water partition coefficient (Wildman–Crippen LogP) is 2.62. The zero-order valence-corrected chi connectivity index (χ0v) is 16.8. The van der Waals surface area contributed by atoms with Crippen LogP contribution in [0.2, 0.25) is 0 Å². The summed E-state index contributed by atoms with van der Waals surface area (Å²) in [5, 5.41) is 7.17. The number of aryl methyl sites for hydroxylation is 1. The van der Waals surface area contributed by atoms with E-state index in [4.69, 9.17) is 9.52 Å². The Morgan fingerprint density at radius 3 is 2.50 bits per heavy atom. The molecule has 0 aliphatic carbocycles. The van der Waals surface area contributed by atoms with Crippen LogP contribution in [0.4, 0.5) is 0 Å². The van der Waals surface area contributed by atoms with Crippen LogP contribution >= 0.6 is 24.0 Å². The lowest BCUT2D eigenvalue weighted by Gasteiger charge is -2.62. The maximum atomic E-state index is 5.12. The van der Waals surface area contributed by atoms with Crippen molar-refractivity contribution in [1.29, 1.82) is 0 Å². The molecule has 0 radical (unpaired) electrons. The predicted molar refractivity (Wildman–Crippen MR) is 98.7 cm³/mol. The molecule has 7 heteroatoms. The highest BCUT2D eigenvalue weighted by Gasteiger charge is 2.53. The lowest BCUT2D eigenvalue weighted by molar-refractivity contribution is -0.0667. The summed E-state index contributed by atoms with van der Waals surface area (Å²) in [5.41, 5.74) is 0.405. The molecule has 0 saturated carbocycles. The molecule has 1 N–H and O–H groups in total. The summed E-state index contributed by atoms with van der Waals surface area (Å²) in [4.78, 5) is 11.3. The number of nitrogens with zero attached hydrogens (tertiary/aromatic N) is 4. The van der Waals surface area contributed by atoms with E-state index in [0.717, 1.165) is 19.0 Å². The van der Waals surface area contributed by atoms with Crippen LogP contribution in [0.25, 0.3) is 0 Å². The van der Waals surface area contributed by atoms with E-state index < -0.39 is 0 Å². The van der Waals surface area contributed by atoms with Gasteiger partial charge in [0.05, 0.1) is 6.54 Å². The second kappa shape index (κ2) is 7.14. The number of hydrogen-bond donors (Lipinski definition) is 1. The molecule has 0 unspecified atom stereocenters. The average Bonchev–Trinajstić information content (AvgIpc) is 2.81. The zero-order valence-electron chi connectivity index (χ0n) is 14.4. The van der Waals surface area contributed by atoms with Gasteiger partial charge in [-0.2, -0.15) is 4.98 Å². The standard InChI is InChI=1S/C15H27N5O.HI/c1-7-16-13(20-10-14(3,4)15(20,5)6)17-9-8-12-18-11(2)19-21-12;/h7-10H2,1-6H3,(H,16,17);1H. The fourth-order valence-electron chi connectivity index (χ4n) is 2.49. The SMILES string of the molecule is CCNC(=NCCc1nc(C)no1)N1CC(C)(C)C1(C)C.I. The van der Waals surface area contributed by atoms with Gasteiger partial charge in [0, 0.05) is 30.5 Å². The summed E-state index contributed by atoms with van der Waals surface area (Å²) in [7, 11) is 0. The summed E-state index contributed by atoms with van der Waals surface area (Å²) in [5.74, 6) is 2.29. The summed E-state index contributed by atoms with van der Waals surface area (Å²) < 4.78 is 5.12. The van der Waals surface area contributed by atoms with Gasteiger partial charge in [-0.3, -0.25) is 4.99 Å². The Hall–Kier alpha value is -0.860. The molecule has 22 heavy (non-hydrogen) atoms. The minimum Gasteiger partial charge on any atom is -0.356 e. The third kappa shape index (κ3) is 3.72. The van der Waals surface area contributed by atoms with Gasteiger partial charge in [0.25, 0.3) is 0 Å². The summed E-state index contributed by atoms with van der Waals surface area (Å²) in [6.07, 6.45) is 0.674. The summed E-state index contributed by atoms with van der Waals surface area (Å²) >= 11 is 0. The molecular formula is C15H28IN5O.